The maximum absolute atomic E-state index is 12.1. The molecule has 8 nitrogen and oxygen atoms in total. The van der Waals surface area contributed by atoms with Crippen LogP contribution in [0.3, 0.4) is 0 Å². The van der Waals surface area contributed by atoms with Gasteiger partial charge in [0.15, 0.2) is 0 Å². The van der Waals surface area contributed by atoms with Crippen LogP contribution in [0.25, 0.3) is 10.8 Å². The van der Waals surface area contributed by atoms with Gasteiger partial charge in [-0.15, -0.1) is 0 Å². The number of pyridine rings is 1. The van der Waals surface area contributed by atoms with Crippen LogP contribution < -0.4 is 10.1 Å². The van der Waals surface area contributed by atoms with E-state index in [1.54, 1.807) is 0 Å². The van der Waals surface area contributed by atoms with E-state index in [0.29, 0.717) is 11.8 Å². The van der Waals surface area contributed by atoms with Crippen LogP contribution in [0.5, 0.6) is 17.2 Å². The zero-order valence-electron chi connectivity index (χ0n) is 20.3. The van der Waals surface area contributed by atoms with Crippen molar-refractivity contribution in [3.63, 3.8) is 0 Å². The van der Waals surface area contributed by atoms with Gasteiger partial charge in [-0.05, 0) is 54.4 Å². The molecule has 3 aromatic carbocycles. The quantitative estimate of drug-likeness (QED) is 0.175. The summed E-state index contributed by atoms with van der Waals surface area (Å²) in [4.78, 5) is 18.8. The van der Waals surface area contributed by atoms with E-state index in [2.05, 4.69) is 39.5 Å². The van der Waals surface area contributed by atoms with E-state index in [-0.39, 0.29) is 30.3 Å². The van der Waals surface area contributed by atoms with Gasteiger partial charge in [0.25, 0.3) is 0 Å². The molecule has 37 heavy (non-hydrogen) atoms. The molecule has 0 amide bonds. The van der Waals surface area contributed by atoms with E-state index in [4.69, 9.17) is 9.47 Å². The Kier molecular flexibility index (Phi) is 7.37. The lowest BCUT2D eigenvalue weighted by atomic mass is 10.1. The molecular weight excluding hydrogens is 470 g/mol. The molecule has 0 unspecified atom stereocenters. The summed E-state index contributed by atoms with van der Waals surface area (Å²) in [7, 11) is 0. The van der Waals surface area contributed by atoms with Crippen LogP contribution in [0, 0.1) is 0 Å². The number of hydrogen-bond donors (Lipinski definition) is 3. The van der Waals surface area contributed by atoms with Gasteiger partial charge in [0, 0.05) is 54.5 Å². The Morgan fingerprint density at radius 3 is 2.86 bits per heavy atom. The van der Waals surface area contributed by atoms with Gasteiger partial charge in [0.2, 0.25) is 0 Å². The second-order valence-electron chi connectivity index (χ2n) is 9.10. The Morgan fingerprint density at radius 1 is 1.05 bits per heavy atom. The summed E-state index contributed by atoms with van der Waals surface area (Å²) in [5, 5.41) is 25.3. The number of carbonyl (C=O) groups is 1. The molecule has 1 atom stereocenters. The van der Waals surface area contributed by atoms with Gasteiger partial charge in [-0.25, -0.2) is 4.79 Å². The van der Waals surface area contributed by atoms with Crippen LogP contribution in [0.4, 0.5) is 5.69 Å². The summed E-state index contributed by atoms with van der Waals surface area (Å²) in [6, 6.07) is 20.3. The van der Waals surface area contributed by atoms with Crippen molar-refractivity contribution in [3.8, 4) is 17.2 Å². The SMILES string of the molecule is O=C(OCCOc1cccc(CN2CC[C@@H](Nc3cccc4cnccc34)C2)c1)c1cc(O)ccc1O. The minimum Gasteiger partial charge on any atom is -0.508 e. The number of aromatic hydroxyl groups is 2. The first-order chi connectivity index (χ1) is 18.0. The van der Waals surface area contributed by atoms with Crippen molar-refractivity contribution in [2.75, 3.05) is 31.6 Å². The van der Waals surface area contributed by atoms with Gasteiger partial charge < -0.3 is 25.0 Å². The Morgan fingerprint density at radius 2 is 1.95 bits per heavy atom. The fourth-order valence-corrected chi connectivity index (χ4v) is 4.61. The number of ether oxygens (including phenoxy) is 2. The van der Waals surface area contributed by atoms with Gasteiger partial charge in [-0.3, -0.25) is 9.88 Å². The number of phenolic OH excluding ortho intramolecular Hbond substituents is 2. The van der Waals surface area contributed by atoms with Crippen molar-refractivity contribution in [3.05, 3.63) is 90.3 Å². The molecular formula is C29H29N3O5. The average Bonchev–Trinajstić information content (AvgIpc) is 3.35. The van der Waals surface area contributed by atoms with Crippen molar-refractivity contribution >= 4 is 22.4 Å². The molecule has 2 heterocycles. The highest BCUT2D eigenvalue weighted by molar-refractivity contribution is 5.93. The van der Waals surface area contributed by atoms with Crippen molar-refractivity contribution in [2.45, 2.75) is 19.0 Å². The van der Waals surface area contributed by atoms with Gasteiger partial charge in [-0.2, -0.15) is 0 Å². The first kappa shape index (κ1) is 24.4. The van der Waals surface area contributed by atoms with E-state index >= 15 is 0 Å². The van der Waals surface area contributed by atoms with E-state index in [1.165, 1.54) is 23.6 Å². The zero-order valence-corrected chi connectivity index (χ0v) is 20.3. The highest BCUT2D eigenvalue weighted by Crippen LogP contribution is 2.26. The van der Waals surface area contributed by atoms with Crippen molar-refractivity contribution in [1.82, 2.24) is 9.88 Å². The molecule has 1 aliphatic rings. The second-order valence-corrected chi connectivity index (χ2v) is 9.10. The number of phenols is 2. The zero-order chi connectivity index (χ0) is 25.6. The average molecular weight is 500 g/mol. The normalized spacial score (nSPS) is 15.5. The predicted molar refractivity (Wildman–Crippen MR) is 141 cm³/mol. The van der Waals surface area contributed by atoms with Crippen LogP contribution in [0.1, 0.15) is 22.3 Å². The fraction of sp³-hybridized carbons (Fsp3) is 0.241. The third-order valence-corrected chi connectivity index (χ3v) is 6.40. The van der Waals surface area contributed by atoms with Crippen LogP contribution >= 0.6 is 0 Å². The van der Waals surface area contributed by atoms with Crippen LogP contribution in [0.2, 0.25) is 0 Å². The van der Waals surface area contributed by atoms with Crippen molar-refractivity contribution < 1.29 is 24.5 Å². The standard InChI is InChI=1S/C29H29N3O5/c33-23-7-8-28(34)26(16-23)29(35)37-14-13-36-24-5-1-3-20(15-24)18-32-12-10-22(19-32)31-27-6-2-4-21-17-30-11-9-25(21)27/h1-9,11,15-17,22,31,33-34H,10,12-14,18-19H2/t22-/m1/s1. The molecule has 0 bridgehead atoms. The van der Waals surface area contributed by atoms with Crippen LogP contribution in [-0.2, 0) is 11.3 Å². The summed E-state index contributed by atoms with van der Waals surface area (Å²) in [5.74, 6) is -0.385. The third-order valence-electron chi connectivity index (χ3n) is 6.40. The number of aromatic nitrogens is 1. The maximum Gasteiger partial charge on any atom is 0.342 e. The number of esters is 1. The molecule has 0 aliphatic carbocycles. The molecule has 0 saturated carbocycles. The molecule has 1 aromatic heterocycles. The highest BCUT2D eigenvalue weighted by Gasteiger charge is 2.23. The topological polar surface area (TPSA) is 104 Å². The van der Waals surface area contributed by atoms with E-state index in [0.717, 1.165) is 42.7 Å². The molecule has 1 aliphatic heterocycles. The largest absolute Gasteiger partial charge is 0.508 e. The number of likely N-dealkylation sites (tertiary alicyclic amines) is 1. The number of nitrogens with zero attached hydrogens (tertiary/aromatic N) is 2. The summed E-state index contributed by atoms with van der Waals surface area (Å²) < 4.78 is 10.9. The van der Waals surface area contributed by atoms with Crippen LogP contribution in [0.15, 0.2) is 79.1 Å². The van der Waals surface area contributed by atoms with Gasteiger partial charge in [0.05, 0.1) is 0 Å². The van der Waals surface area contributed by atoms with Gasteiger partial charge in [-0.1, -0.05) is 24.3 Å². The van der Waals surface area contributed by atoms with Crippen LogP contribution in [-0.4, -0.2) is 58.4 Å². The molecule has 1 saturated heterocycles. The number of rotatable bonds is 9. The fourth-order valence-electron chi connectivity index (χ4n) is 4.61. The molecule has 3 N–H and O–H groups in total. The van der Waals surface area contributed by atoms with Gasteiger partial charge in [0.1, 0.15) is 36.0 Å². The number of hydrogen-bond acceptors (Lipinski definition) is 8. The first-order valence-corrected chi connectivity index (χ1v) is 12.3. The molecule has 0 spiro atoms. The Bertz CT molecular complexity index is 1390. The van der Waals surface area contributed by atoms with E-state index in [1.807, 2.05) is 36.7 Å². The number of nitrogens with one attached hydrogen (secondary N) is 1. The Hall–Kier alpha value is -4.30. The Balaban J connectivity index is 1.09. The van der Waals surface area contributed by atoms with E-state index < -0.39 is 5.97 Å². The van der Waals surface area contributed by atoms with E-state index in [9.17, 15) is 15.0 Å². The van der Waals surface area contributed by atoms with Crippen molar-refractivity contribution in [1.29, 1.82) is 0 Å². The number of fused-ring (bicyclic) bond motifs is 1. The first-order valence-electron chi connectivity index (χ1n) is 12.3. The molecule has 1 fully saturated rings. The molecule has 4 aromatic rings. The molecule has 8 heteroatoms. The van der Waals surface area contributed by atoms with Gasteiger partial charge >= 0.3 is 5.97 Å². The molecule has 5 rings (SSSR count). The lowest BCUT2D eigenvalue weighted by molar-refractivity contribution is 0.0446. The minimum atomic E-state index is -0.719. The number of carbonyl (C=O) groups excluding carboxylic acids is 1. The minimum absolute atomic E-state index is 0.0157. The third kappa shape index (κ3) is 6.10. The van der Waals surface area contributed by atoms with Crippen molar-refractivity contribution in [2.24, 2.45) is 0 Å². The number of benzene rings is 3. The lowest BCUT2D eigenvalue weighted by Gasteiger charge is -2.19. The predicted octanol–water partition coefficient (Wildman–Crippen LogP) is 4.57. The second kappa shape index (κ2) is 11.2. The molecule has 190 valence electrons. The highest BCUT2D eigenvalue weighted by atomic mass is 16.6. The molecule has 0 radical (unpaired) electrons. The summed E-state index contributed by atoms with van der Waals surface area (Å²) >= 11 is 0. The maximum atomic E-state index is 12.1. The summed E-state index contributed by atoms with van der Waals surface area (Å²) in [6.07, 6.45) is 4.78. The smallest absolute Gasteiger partial charge is 0.342 e. The monoisotopic (exact) mass is 499 g/mol. The Labute approximate surface area is 215 Å². The lowest BCUT2D eigenvalue weighted by Crippen LogP contribution is -2.26. The number of anilines is 1. The summed E-state index contributed by atoms with van der Waals surface area (Å²) in [6.45, 7) is 2.96. The summed E-state index contributed by atoms with van der Waals surface area (Å²) in [5.41, 5.74) is 2.20.